The van der Waals surface area contributed by atoms with E-state index in [1.165, 1.54) is 6.07 Å². The first-order chi connectivity index (χ1) is 8.08. The van der Waals surface area contributed by atoms with E-state index < -0.39 is 6.43 Å². The maximum absolute atomic E-state index is 12.5. The normalized spacial score (nSPS) is 11.1. The van der Waals surface area contributed by atoms with E-state index in [9.17, 15) is 8.78 Å². The van der Waals surface area contributed by atoms with E-state index in [4.69, 9.17) is 12.2 Å². The lowest BCUT2D eigenvalue weighted by Gasteiger charge is -2.06. The summed E-state index contributed by atoms with van der Waals surface area (Å²) >= 11 is 5.03. The fraction of sp³-hybridized carbons (Fsp3) is 0.250. The average molecular weight is 254 g/mol. The van der Waals surface area contributed by atoms with Gasteiger partial charge < -0.3 is 0 Å². The van der Waals surface area contributed by atoms with Gasteiger partial charge in [0.15, 0.2) is 0 Å². The van der Waals surface area contributed by atoms with Crippen molar-refractivity contribution in [2.45, 2.75) is 19.9 Å². The molecule has 1 heterocycles. The maximum Gasteiger partial charge on any atom is 0.279 e. The molecule has 2 nitrogen and oxygen atoms in total. The molecule has 0 fully saturated rings. The second-order valence-corrected chi connectivity index (χ2v) is 4.28. The van der Waals surface area contributed by atoms with E-state index in [0.717, 1.165) is 11.1 Å². The van der Waals surface area contributed by atoms with Gasteiger partial charge in [-0.15, -0.1) is 0 Å². The standard InChI is InChI=1S/C12H12F2N2S/c1-8-4-2-3-5-9(8)7-16-11(17)6-10(15-16)12(13)14/h2-6,12,15H,7H2,1H3. The zero-order valence-corrected chi connectivity index (χ0v) is 10.1. The number of hydrogen-bond acceptors (Lipinski definition) is 1. The molecule has 0 saturated heterocycles. The minimum atomic E-state index is -2.52. The summed E-state index contributed by atoms with van der Waals surface area (Å²) in [5.41, 5.74) is 2.04. The van der Waals surface area contributed by atoms with Gasteiger partial charge in [0.2, 0.25) is 0 Å². The quantitative estimate of drug-likeness (QED) is 0.825. The Labute approximate surface area is 103 Å². The van der Waals surface area contributed by atoms with Gasteiger partial charge in [-0.2, -0.15) is 0 Å². The van der Waals surface area contributed by atoms with Crippen LogP contribution < -0.4 is 0 Å². The van der Waals surface area contributed by atoms with Crippen molar-refractivity contribution in [2.75, 3.05) is 0 Å². The second-order valence-electron chi connectivity index (χ2n) is 3.86. The van der Waals surface area contributed by atoms with Crippen molar-refractivity contribution in [2.24, 2.45) is 0 Å². The molecule has 0 atom stereocenters. The van der Waals surface area contributed by atoms with Crippen molar-refractivity contribution in [3.8, 4) is 0 Å². The number of H-pyrrole nitrogens is 1. The summed E-state index contributed by atoms with van der Waals surface area (Å²) in [4.78, 5) is 0. The molecule has 0 aliphatic rings. The molecule has 1 N–H and O–H groups in total. The monoisotopic (exact) mass is 254 g/mol. The van der Waals surface area contributed by atoms with Gasteiger partial charge in [-0.05, 0) is 18.1 Å². The number of rotatable bonds is 3. The lowest BCUT2D eigenvalue weighted by Crippen LogP contribution is -2.04. The van der Waals surface area contributed by atoms with E-state index >= 15 is 0 Å². The smallest absolute Gasteiger partial charge is 0.279 e. The molecule has 2 aromatic rings. The first-order valence-corrected chi connectivity index (χ1v) is 5.61. The predicted molar refractivity (Wildman–Crippen MR) is 64.9 cm³/mol. The van der Waals surface area contributed by atoms with Crippen LogP contribution in [0.15, 0.2) is 30.3 Å². The summed E-state index contributed by atoms with van der Waals surface area (Å²) in [7, 11) is 0. The molecule has 0 aliphatic carbocycles. The Morgan fingerprint density at radius 1 is 1.35 bits per heavy atom. The largest absolute Gasteiger partial charge is 0.296 e. The van der Waals surface area contributed by atoms with Crippen LogP contribution in [0.2, 0.25) is 0 Å². The fourth-order valence-corrected chi connectivity index (χ4v) is 1.88. The van der Waals surface area contributed by atoms with Crippen LogP contribution in [0, 0.1) is 11.6 Å². The Hall–Kier alpha value is -1.49. The Morgan fingerprint density at radius 2 is 2.06 bits per heavy atom. The molecule has 90 valence electrons. The van der Waals surface area contributed by atoms with E-state index in [1.807, 2.05) is 31.2 Å². The Balaban J connectivity index is 2.31. The topological polar surface area (TPSA) is 20.7 Å². The van der Waals surface area contributed by atoms with E-state index in [2.05, 4.69) is 5.10 Å². The molecule has 0 saturated carbocycles. The van der Waals surface area contributed by atoms with Crippen LogP contribution in [-0.2, 0) is 6.54 Å². The van der Waals surface area contributed by atoms with Gasteiger partial charge in [-0.25, -0.2) is 8.78 Å². The Kier molecular flexibility index (Phi) is 3.38. The van der Waals surface area contributed by atoms with Crippen molar-refractivity contribution in [1.82, 2.24) is 9.78 Å². The van der Waals surface area contributed by atoms with Gasteiger partial charge in [0.25, 0.3) is 6.43 Å². The number of halogens is 2. The highest BCUT2D eigenvalue weighted by Gasteiger charge is 2.10. The Morgan fingerprint density at radius 3 is 2.65 bits per heavy atom. The number of nitrogens with one attached hydrogen (secondary N) is 1. The predicted octanol–water partition coefficient (Wildman–Crippen LogP) is 3.84. The molecule has 0 unspecified atom stereocenters. The van der Waals surface area contributed by atoms with E-state index in [0.29, 0.717) is 11.2 Å². The average Bonchev–Trinajstić information content (AvgIpc) is 2.64. The second kappa shape index (κ2) is 4.79. The van der Waals surface area contributed by atoms with Crippen molar-refractivity contribution in [1.29, 1.82) is 0 Å². The molecule has 0 amide bonds. The van der Waals surface area contributed by atoms with Crippen molar-refractivity contribution < 1.29 is 8.78 Å². The van der Waals surface area contributed by atoms with Crippen LogP contribution >= 0.6 is 12.2 Å². The number of aromatic amines is 1. The summed E-state index contributed by atoms with van der Waals surface area (Å²) in [6.45, 7) is 2.47. The van der Waals surface area contributed by atoms with Crippen LogP contribution in [0.4, 0.5) is 8.78 Å². The number of aryl methyl sites for hydroxylation is 1. The fourth-order valence-electron chi connectivity index (χ4n) is 1.64. The number of benzene rings is 1. The summed E-state index contributed by atoms with van der Waals surface area (Å²) in [6, 6.07) is 9.11. The van der Waals surface area contributed by atoms with Crippen molar-refractivity contribution >= 4 is 12.2 Å². The molecular weight excluding hydrogens is 242 g/mol. The maximum atomic E-state index is 12.5. The van der Waals surface area contributed by atoms with Gasteiger partial charge >= 0.3 is 0 Å². The molecule has 0 aliphatic heterocycles. The summed E-state index contributed by atoms with van der Waals surface area (Å²) in [5, 5.41) is 2.62. The van der Waals surface area contributed by atoms with Crippen molar-refractivity contribution in [3.05, 3.63) is 51.8 Å². The molecule has 2 rings (SSSR count). The SMILES string of the molecule is Cc1ccccc1Cn1[nH]c(C(F)F)cc1=S. The highest BCUT2D eigenvalue weighted by Crippen LogP contribution is 2.17. The van der Waals surface area contributed by atoms with Gasteiger partial charge in [0.1, 0.15) is 10.3 Å². The number of nitrogens with zero attached hydrogens (tertiary/aromatic N) is 1. The molecular formula is C12H12F2N2S. The highest BCUT2D eigenvalue weighted by atomic mass is 32.1. The third-order valence-corrected chi connectivity index (χ3v) is 2.97. The van der Waals surface area contributed by atoms with Crippen LogP contribution in [0.5, 0.6) is 0 Å². The summed E-state index contributed by atoms with van der Waals surface area (Å²) < 4.78 is 26.9. The number of aromatic nitrogens is 2. The molecule has 1 aromatic carbocycles. The van der Waals surface area contributed by atoms with Gasteiger partial charge in [-0.1, -0.05) is 36.5 Å². The number of hydrogen-bond donors (Lipinski definition) is 1. The Bertz CT molecular complexity index is 572. The summed E-state index contributed by atoms with van der Waals surface area (Å²) in [5.74, 6) is 0. The zero-order chi connectivity index (χ0) is 12.4. The molecule has 17 heavy (non-hydrogen) atoms. The van der Waals surface area contributed by atoms with Crippen LogP contribution in [0.25, 0.3) is 0 Å². The molecule has 0 spiro atoms. The summed E-state index contributed by atoms with van der Waals surface area (Å²) in [6.07, 6.45) is -2.52. The lowest BCUT2D eigenvalue weighted by molar-refractivity contribution is 0.145. The third kappa shape index (κ3) is 2.61. The lowest BCUT2D eigenvalue weighted by atomic mass is 10.1. The van der Waals surface area contributed by atoms with Gasteiger partial charge in [0, 0.05) is 6.07 Å². The first kappa shape index (κ1) is 12.0. The van der Waals surface area contributed by atoms with Crippen LogP contribution in [0.3, 0.4) is 0 Å². The van der Waals surface area contributed by atoms with Crippen molar-refractivity contribution in [3.63, 3.8) is 0 Å². The number of alkyl halides is 2. The molecule has 5 heteroatoms. The van der Waals surface area contributed by atoms with Gasteiger partial charge in [-0.3, -0.25) is 9.78 Å². The zero-order valence-electron chi connectivity index (χ0n) is 9.28. The first-order valence-electron chi connectivity index (χ1n) is 5.20. The van der Waals surface area contributed by atoms with Crippen LogP contribution in [-0.4, -0.2) is 9.78 Å². The minimum Gasteiger partial charge on any atom is -0.296 e. The van der Waals surface area contributed by atoms with Gasteiger partial charge in [0.05, 0.1) is 6.54 Å². The molecule has 0 bridgehead atoms. The van der Waals surface area contributed by atoms with Crippen LogP contribution in [0.1, 0.15) is 23.2 Å². The van der Waals surface area contributed by atoms with E-state index in [1.54, 1.807) is 4.68 Å². The molecule has 1 aromatic heterocycles. The van der Waals surface area contributed by atoms with E-state index in [-0.39, 0.29) is 5.69 Å². The highest BCUT2D eigenvalue weighted by molar-refractivity contribution is 7.71. The minimum absolute atomic E-state index is 0.136. The third-order valence-electron chi connectivity index (χ3n) is 2.63. The molecule has 0 radical (unpaired) electrons.